The number of ether oxygens (including phenoxy) is 1. The number of hydrogen-bond donors (Lipinski definition) is 3. The molecule has 0 radical (unpaired) electrons. The lowest BCUT2D eigenvalue weighted by atomic mass is 10.0. The molecule has 4 rings (SSSR count). The molecule has 2 amide bonds. The number of likely N-dealkylation sites (N-methyl/N-ethyl adjacent to an activating group) is 1. The molecule has 172 valence electrons. The number of hydrogen-bond acceptors (Lipinski definition) is 3. The molecular formula is C25H27FN4O3. The number of aromatic amines is 2. The number of rotatable bonds is 7. The summed E-state index contributed by atoms with van der Waals surface area (Å²) in [5, 5.41) is 4.68. The Balaban J connectivity index is 1.42. The Bertz CT molecular complexity index is 1350. The zero-order valence-electron chi connectivity index (χ0n) is 19.1. The fraction of sp³-hybridized carbons (Fsp3) is 0.280. The number of nitrogens with one attached hydrogen (secondary N) is 3. The van der Waals surface area contributed by atoms with Gasteiger partial charge in [-0.15, -0.1) is 0 Å². The molecule has 0 atom stereocenters. The topological polar surface area (TPSA) is 90.2 Å². The summed E-state index contributed by atoms with van der Waals surface area (Å²) in [6, 6.07) is 10.4. The van der Waals surface area contributed by atoms with Gasteiger partial charge in [-0.05, 0) is 55.7 Å². The van der Waals surface area contributed by atoms with Crippen molar-refractivity contribution < 1.29 is 18.7 Å². The van der Waals surface area contributed by atoms with E-state index in [1.165, 1.54) is 11.0 Å². The third-order valence-electron chi connectivity index (χ3n) is 5.79. The Kier molecular flexibility index (Phi) is 6.09. The second-order valence-corrected chi connectivity index (χ2v) is 8.36. The molecule has 0 fully saturated rings. The van der Waals surface area contributed by atoms with E-state index in [4.69, 9.17) is 4.74 Å². The minimum absolute atomic E-state index is 0.0524. The highest BCUT2D eigenvalue weighted by atomic mass is 19.1. The Morgan fingerprint density at radius 2 is 1.88 bits per heavy atom. The van der Waals surface area contributed by atoms with Gasteiger partial charge in [-0.3, -0.25) is 9.59 Å². The molecule has 0 aliphatic carbocycles. The average Bonchev–Trinajstić information content (AvgIpc) is 3.36. The van der Waals surface area contributed by atoms with Gasteiger partial charge < -0.3 is 24.9 Å². The summed E-state index contributed by atoms with van der Waals surface area (Å²) in [6.45, 7) is 4.23. The van der Waals surface area contributed by atoms with Gasteiger partial charge >= 0.3 is 0 Å². The van der Waals surface area contributed by atoms with Crippen molar-refractivity contribution in [1.29, 1.82) is 0 Å². The first-order chi connectivity index (χ1) is 15.7. The number of benzene rings is 2. The first-order valence-corrected chi connectivity index (χ1v) is 10.7. The van der Waals surface area contributed by atoms with Crippen molar-refractivity contribution in [2.75, 3.05) is 27.2 Å². The van der Waals surface area contributed by atoms with E-state index in [0.29, 0.717) is 29.9 Å². The number of nitrogens with zero attached hydrogens (tertiary/aromatic N) is 1. The average molecular weight is 451 g/mol. The fourth-order valence-corrected chi connectivity index (χ4v) is 3.94. The minimum atomic E-state index is -0.276. The first-order valence-electron chi connectivity index (χ1n) is 10.7. The van der Waals surface area contributed by atoms with Crippen LogP contribution in [0.25, 0.3) is 21.8 Å². The molecule has 0 aliphatic heterocycles. The van der Waals surface area contributed by atoms with Gasteiger partial charge in [0.05, 0.1) is 5.52 Å². The molecule has 0 unspecified atom stereocenters. The van der Waals surface area contributed by atoms with Crippen molar-refractivity contribution in [1.82, 2.24) is 20.2 Å². The van der Waals surface area contributed by atoms with Crippen molar-refractivity contribution in [3.63, 3.8) is 0 Å². The molecule has 7 nitrogen and oxygen atoms in total. The lowest BCUT2D eigenvalue weighted by Crippen LogP contribution is -2.27. The van der Waals surface area contributed by atoms with Crippen molar-refractivity contribution in [3.8, 4) is 5.75 Å². The lowest BCUT2D eigenvalue weighted by Gasteiger charge is -2.11. The number of halogens is 1. The number of H-pyrrole nitrogens is 2. The van der Waals surface area contributed by atoms with Crippen molar-refractivity contribution >= 4 is 33.6 Å². The van der Waals surface area contributed by atoms with E-state index in [-0.39, 0.29) is 24.2 Å². The molecule has 2 heterocycles. The molecule has 33 heavy (non-hydrogen) atoms. The molecule has 2 aromatic heterocycles. The number of amides is 2. The highest BCUT2D eigenvalue weighted by molar-refractivity contribution is 5.98. The maximum atomic E-state index is 14.2. The Morgan fingerprint density at radius 1 is 1.09 bits per heavy atom. The van der Waals surface area contributed by atoms with Gasteiger partial charge in [0.15, 0.2) is 6.61 Å². The molecule has 0 spiro atoms. The maximum Gasteiger partial charge on any atom is 0.267 e. The van der Waals surface area contributed by atoms with Gasteiger partial charge in [0.1, 0.15) is 17.3 Å². The van der Waals surface area contributed by atoms with Gasteiger partial charge in [0.2, 0.25) is 0 Å². The normalized spacial score (nSPS) is 11.2. The molecule has 8 heteroatoms. The summed E-state index contributed by atoms with van der Waals surface area (Å²) in [7, 11) is 3.34. The van der Waals surface area contributed by atoms with Crippen LogP contribution in [0.5, 0.6) is 5.75 Å². The predicted molar refractivity (Wildman–Crippen MR) is 126 cm³/mol. The van der Waals surface area contributed by atoms with Crippen molar-refractivity contribution in [2.45, 2.75) is 20.3 Å². The van der Waals surface area contributed by atoms with E-state index in [0.717, 1.165) is 33.1 Å². The fourth-order valence-electron chi connectivity index (χ4n) is 3.94. The lowest BCUT2D eigenvalue weighted by molar-refractivity contribution is -0.130. The first kappa shape index (κ1) is 22.4. The highest BCUT2D eigenvalue weighted by Crippen LogP contribution is 2.28. The number of aromatic nitrogens is 2. The third kappa shape index (κ3) is 4.55. The van der Waals surface area contributed by atoms with Crippen LogP contribution in [0.2, 0.25) is 0 Å². The molecule has 2 aromatic carbocycles. The van der Waals surface area contributed by atoms with Crippen LogP contribution < -0.4 is 10.1 Å². The van der Waals surface area contributed by atoms with Gasteiger partial charge in [-0.2, -0.15) is 0 Å². The number of carbonyl (C=O) groups excluding carboxylic acids is 2. The van der Waals surface area contributed by atoms with E-state index in [9.17, 15) is 14.0 Å². The Morgan fingerprint density at radius 3 is 2.64 bits per heavy atom. The number of carbonyl (C=O) groups is 2. The van der Waals surface area contributed by atoms with Crippen LogP contribution in [0.1, 0.15) is 27.3 Å². The van der Waals surface area contributed by atoms with Gasteiger partial charge in [0.25, 0.3) is 11.8 Å². The standard InChI is InChI=1S/C25H27FN4O3/c1-14-5-8-19(26)24-23(14)18(15(2)28-24)9-10-27-25(32)21-11-16-6-7-17(12-20(16)29-21)33-13-22(31)30(3)4/h5-8,11-12,28-29H,9-10,13H2,1-4H3,(H,27,32). The maximum absolute atomic E-state index is 14.2. The zero-order chi connectivity index (χ0) is 23.7. The van der Waals surface area contributed by atoms with E-state index in [1.54, 1.807) is 38.4 Å². The highest BCUT2D eigenvalue weighted by Gasteiger charge is 2.15. The predicted octanol–water partition coefficient (Wildman–Crippen LogP) is 3.84. The van der Waals surface area contributed by atoms with E-state index >= 15 is 0 Å². The summed E-state index contributed by atoms with van der Waals surface area (Å²) < 4.78 is 19.7. The van der Waals surface area contributed by atoms with Crippen molar-refractivity contribution in [2.24, 2.45) is 0 Å². The second kappa shape index (κ2) is 8.97. The third-order valence-corrected chi connectivity index (χ3v) is 5.79. The minimum Gasteiger partial charge on any atom is -0.484 e. The summed E-state index contributed by atoms with van der Waals surface area (Å²) >= 11 is 0. The van der Waals surface area contributed by atoms with Gasteiger partial charge in [0, 0.05) is 48.7 Å². The number of fused-ring (bicyclic) bond motifs is 2. The van der Waals surface area contributed by atoms with E-state index in [2.05, 4.69) is 15.3 Å². The molecule has 0 bridgehead atoms. The smallest absolute Gasteiger partial charge is 0.267 e. The summed E-state index contributed by atoms with van der Waals surface area (Å²) in [4.78, 5) is 32.1. The van der Waals surface area contributed by atoms with E-state index in [1.807, 2.05) is 19.9 Å². The van der Waals surface area contributed by atoms with E-state index < -0.39 is 0 Å². The van der Waals surface area contributed by atoms with Crippen LogP contribution in [0.15, 0.2) is 36.4 Å². The Labute approximate surface area is 190 Å². The van der Waals surface area contributed by atoms with Crippen LogP contribution in [0.3, 0.4) is 0 Å². The molecule has 0 saturated heterocycles. The number of aryl methyl sites for hydroxylation is 2. The summed E-state index contributed by atoms with van der Waals surface area (Å²) in [5.74, 6) is -0.0905. The molecule has 4 aromatic rings. The van der Waals surface area contributed by atoms with Crippen LogP contribution in [0.4, 0.5) is 4.39 Å². The SMILES string of the molecule is Cc1[nH]c2c(F)ccc(C)c2c1CCNC(=O)c1cc2ccc(OCC(=O)N(C)C)cc2[nH]1. The van der Waals surface area contributed by atoms with Crippen LogP contribution in [0, 0.1) is 19.7 Å². The van der Waals surface area contributed by atoms with Gasteiger partial charge in [-0.1, -0.05) is 6.07 Å². The quantitative estimate of drug-likeness (QED) is 0.400. The van der Waals surface area contributed by atoms with Crippen LogP contribution in [-0.2, 0) is 11.2 Å². The second-order valence-electron chi connectivity index (χ2n) is 8.36. The summed E-state index contributed by atoms with van der Waals surface area (Å²) in [5.41, 5.74) is 4.59. The largest absolute Gasteiger partial charge is 0.484 e. The van der Waals surface area contributed by atoms with Gasteiger partial charge in [-0.25, -0.2) is 4.39 Å². The molecule has 3 N–H and O–H groups in total. The van der Waals surface area contributed by atoms with Crippen molar-refractivity contribution in [3.05, 3.63) is 64.7 Å². The molecular weight excluding hydrogens is 423 g/mol. The molecule has 0 saturated carbocycles. The monoisotopic (exact) mass is 450 g/mol. The van der Waals surface area contributed by atoms with Crippen LogP contribution >= 0.6 is 0 Å². The Hall–Kier alpha value is -3.81. The zero-order valence-corrected chi connectivity index (χ0v) is 19.1. The molecule has 0 aliphatic rings. The summed E-state index contributed by atoms with van der Waals surface area (Å²) in [6.07, 6.45) is 0.583. The van der Waals surface area contributed by atoms with Crippen LogP contribution in [-0.4, -0.2) is 53.9 Å².